The average Bonchev–Trinajstić information content (AvgIpc) is 3.03. The summed E-state index contributed by atoms with van der Waals surface area (Å²) in [6.07, 6.45) is 0. The number of fused-ring (bicyclic) bond motifs is 1. The van der Waals surface area contributed by atoms with E-state index in [1.54, 1.807) is 11.3 Å². The molecule has 148 valence electrons. The fourth-order valence-electron chi connectivity index (χ4n) is 3.96. The lowest BCUT2D eigenvalue weighted by Crippen LogP contribution is -2.46. The molecule has 0 spiro atoms. The molecule has 2 aromatic heterocycles. The van der Waals surface area contributed by atoms with Gasteiger partial charge in [0.25, 0.3) is 0 Å². The van der Waals surface area contributed by atoms with Gasteiger partial charge in [-0.1, -0.05) is 45.0 Å². The molecule has 28 heavy (non-hydrogen) atoms. The number of piperazine rings is 1. The zero-order valence-corrected chi connectivity index (χ0v) is 18.6. The lowest BCUT2D eigenvalue weighted by molar-refractivity contribution is 0.271. The Bertz CT molecular complexity index is 972. The fraction of sp³-hybridized carbons (Fsp3) is 0.455. The van der Waals surface area contributed by atoms with Crippen LogP contribution in [0.15, 0.2) is 24.3 Å². The van der Waals surface area contributed by atoms with Crippen LogP contribution in [-0.2, 0) is 0 Å². The van der Waals surface area contributed by atoms with E-state index in [1.165, 1.54) is 21.6 Å². The number of hydrogen-bond donors (Lipinski definition) is 0. The van der Waals surface area contributed by atoms with E-state index in [9.17, 15) is 0 Å². The van der Waals surface area contributed by atoms with Gasteiger partial charge in [0.2, 0.25) is 5.28 Å². The predicted molar refractivity (Wildman–Crippen MR) is 121 cm³/mol. The Kier molecular flexibility index (Phi) is 5.59. The van der Waals surface area contributed by atoms with E-state index < -0.39 is 0 Å². The Balaban J connectivity index is 1.82. The molecule has 4 rings (SSSR count). The number of nitrogens with zero attached hydrogens (tertiary/aromatic N) is 4. The molecule has 1 saturated heterocycles. The van der Waals surface area contributed by atoms with Crippen molar-refractivity contribution in [3.8, 4) is 11.1 Å². The van der Waals surface area contributed by atoms with Gasteiger partial charge < -0.3 is 9.80 Å². The van der Waals surface area contributed by atoms with Crippen LogP contribution in [0.5, 0.6) is 0 Å². The lowest BCUT2D eigenvalue weighted by Gasteiger charge is -2.35. The molecule has 0 amide bonds. The normalized spacial score (nSPS) is 15.7. The Morgan fingerprint density at radius 2 is 1.75 bits per heavy atom. The van der Waals surface area contributed by atoms with Gasteiger partial charge >= 0.3 is 0 Å². The summed E-state index contributed by atoms with van der Waals surface area (Å²) < 4.78 is 0. The molecule has 4 nitrogen and oxygen atoms in total. The third-order valence-corrected chi connectivity index (χ3v) is 6.83. The highest BCUT2D eigenvalue weighted by Gasteiger charge is 2.24. The second kappa shape index (κ2) is 7.97. The molecule has 3 heterocycles. The highest BCUT2D eigenvalue weighted by molar-refractivity contribution is 7.19. The van der Waals surface area contributed by atoms with Crippen molar-refractivity contribution in [2.24, 2.45) is 0 Å². The third-order valence-electron chi connectivity index (χ3n) is 5.67. The molecule has 0 N–H and O–H groups in total. The molecular formula is C22H27ClN4S. The first kappa shape index (κ1) is 19.6. The molecule has 6 heteroatoms. The fourth-order valence-corrected chi connectivity index (χ4v) is 5.21. The molecule has 1 aromatic carbocycles. The number of likely N-dealkylation sites (N-methyl/N-ethyl adjacent to an activating group) is 1. The zero-order chi connectivity index (χ0) is 19.8. The van der Waals surface area contributed by atoms with E-state index in [0.29, 0.717) is 11.2 Å². The average molecular weight is 415 g/mol. The summed E-state index contributed by atoms with van der Waals surface area (Å²) in [5.41, 5.74) is 3.84. The van der Waals surface area contributed by atoms with Gasteiger partial charge in [0.15, 0.2) is 0 Å². The molecule has 1 fully saturated rings. The number of rotatable bonds is 4. The first-order valence-corrected chi connectivity index (χ1v) is 11.2. The topological polar surface area (TPSA) is 32.3 Å². The van der Waals surface area contributed by atoms with Crippen LogP contribution in [0, 0.1) is 6.92 Å². The summed E-state index contributed by atoms with van der Waals surface area (Å²) in [4.78, 5) is 16.3. The number of thiophene rings is 1. The molecule has 0 radical (unpaired) electrons. The SMILES string of the molecule is CCN1CCN(c2nc(Cl)nc3sc(C)c(-c4ccc(C(C)C)cc4)c23)CC1. The van der Waals surface area contributed by atoms with Crippen molar-refractivity contribution in [3.63, 3.8) is 0 Å². The zero-order valence-electron chi connectivity index (χ0n) is 17.0. The number of benzene rings is 1. The van der Waals surface area contributed by atoms with Crippen molar-refractivity contribution in [1.29, 1.82) is 0 Å². The highest BCUT2D eigenvalue weighted by Crippen LogP contribution is 2.42. The molecule has 0 atom stereocenters. The summed E-state index contributed by atoms with van der Waals surface area (Å²) in [7, 11) is 0. The molecule has 1 aliphatic heterocycles. The van der Waals surface area contributed by atoms with Crippen LogP contribution in [0.1, 0.15) is 37.1 Å². The summed E-state index contributed by atoms with van der Waals surface area (Å²) in [5.74, 6) is 1.51. The minimum Gasteiger partial charge on any atom is -0.353 e. The smallest absolute Gasteiger partial charge is 0.225 e. The number of halogens is 1. The van der Waals surface area contributed by atoms with E-state index in [2.05, 4.69) is 71.7 Å². The molecule has 3 aromatic rings. The van der Waals surface area contributed by atoms with Crippen molar-refractivity contribution in [2.45, 2.75) is 33.6 Å². The minimum absolute atomic E-state index is 0.336. The van der Waals surface area contributed by atoms with Gasteiger partial charge in [0, 0.05) is 36.6 Å². The van der Waals surface area contributed by atoms with Crippen LogP contribution in [0.4, 0.5) is 5.82 Å². The quantitative estimate of drug-likeness (QED) is 0.521. The summed E-state index contributed by atoms with van der Waals surface area (Å²) in [6, 6.07) is 8.94. The Labute approximate surface area is 176 Å². The Morgan fingerprint density at radius 1 is 1.07 bits per heavy atom. The monoisotopic (exact) mass is 414 g/mol. The van der Waals surface area contributed by atoms with Crippen molar-refractivity contribution >= 4 is 39.0 Å². The summed E-state index contributed by atoms with van der Waals surface area (Å²) in [5, 5.41) is 1.48. The van der Waals surface area contributed by atoms with Crippen molar-refractivity contribution in [2.75, 3.05) is 37.6 Å². The number of aromatic nitrogens is 2. The largest absolute Gasteiger partial charge is 0.353 e. The third kappa shape index (κ3) is 3.63. The van der Waals surface area contributed by atoms with Crippen molar-refractivity contribution < 1.29 is 0 Å². The van der Waals surface area contributed by atoms with Crippen molar-refractivity contribution in [1.82, 2.24) is 14.9 Å². The predicted octanol–water partition coefficient (Wildman–Crippen LogP) is 5.59. The van der Waals surface area contributed by atoms with E-state index in [4.69, 9.17) is 11.6 Å². The molecule has 1 aliphatic rings. The van der Waals surface area contributed by atoms with Gasteiger partial charge in [-0.05, 0) is 42.1 Å². The van der Waals surface area contributed by atoms with Crippen LogP contribution in [0.3, 0.4) is 0 Å². The van der Waals surface area contributed by atoms with Crippen LogP contribution >= 0.6 is 22.9 Å². The van der Waals surface area contributed by atoms with Crippen LogP contribution < -0.4 is 4.90 Å². The Morgan fingerprint density at radius 3 is 2.36 bits per heavy atom. The molecule has 0 bridgehead atoms. The number of hydrogen-bond acceptors (Lipinski definition) is 5. The summed E-state index contributed by atoms with van der Waals surface area (Å²) >= 11 is 8.02. The number of anilines is 1. The van der Waals surface area contributed by atoms with Gasteiger partial charge in [-0.3, -0.25) is 0 Å². The van der Waals surface area contributed by atoms with Crippen molar-refractivity contribution in [3.05, 3.63) is 40.0 Å². The van der Waals surface area contributed by atoms with E-state index in [0.717, 1.165) is 48.8 Å². The number of aryl methyl sites for hydroxylation is 1. The molecule has 0 unspecified atom stereocenters. The standard InChI is InChI=1S/C22H27ClN4S/c1-5-26-10-12-27(13-11-26)20-19-18(15(4)28-21(19)25-22(23)24-20)17-8-6-16(7-9-17)14(2)3/h6-9,14H,5,10-13H2,1-4H3. The first-order chi connectivity index (χ1) is 13.5. The van der Waals surface area contributed by atoms with Gasteiger partial charge in [-0.15, -0.1) is 11.3 Å². The van der Waals surface area contributed by atoms with Gasteiger partial charge in [0.05, 0.1) is 5.39 Å². The van der Waals surface area contributed by atoms with Gasteiger partial charge in [-0.2, -0.15) is 4.98 Å². The highest BCUT2D eigenvalue weighted by atomic mass is 35.5. The lowest BCUT2D eigenvalue weighted by atomic mass is 9.97. The maximum absolute atomic E-state index is 6.31. The van der Waals surface area contributed by atoms with Gasteiger partial charge in [-0.25, -0.2) is 4.98 Å². The van der Waals surface area contributed by atoms with E-state index in [1.807, 2.05) is 0 Å². The molecule has 0 saturated carbocycles. The Hall–Kier alpha value is -1.69. The van der Waals surface area contributed by atoms with E-state index in [-0.39, 0.29) is 0 Å². The molecular weight excluding hydrogens is 388 g/mol. The van der Waals surface area contributed by atoms with Crippen LogP contribution in [-0.4, -0.2) is 47.6 Å². The van der Waals surface area contributed by atoms with E-state index >= 15 is 0 Å². The maximum atomic E-state index is 6.31. The summed E-state index contributed by atoms with van der Waals surface area (Å²) in [6.45, 7) is 14.0. The molecule has 0 aliphatic carbocycles. The second-order valence-corrected chi connectivity index (χ2v) is 9.27. The van der Waals surface area contributed by atoms with Crippen LogP contribution in [0.25, 0.3) is 21.3 Å². The van der Waals surface area contributed by atoms with Gasteiger partial charge in [0.1, 0.15) is 10.6 Å². The second-order valence-electron chi connectivity index (χ2n) is 7.73. The minimum atomic E-state index is 0.336. The van der Waals surface area contributed by atoms with Crippen LogP contribution in [0.2, 0.25) is 5.28 Å². The maximum Gasteiger partial charge on any atom is 0.225 e. The first-order valence-electron chi connectivity index (χ1n) is 10.0.